The Kier molecular flexibility index (Phi) is 7.08. The molecule has 3 N–H and O–H groups in total. The summed E-state index contributed by atoms with van der Waals surface area (Å²) >= 11 is 0. The van der Waals surface area contributed by atoms with Crippen molar-refractivity contribution < 1.29 is 22.2 Å². The van der Waals surface area contributed by atoms with Crippen LogP contribution in [0.15, 0.2) is 59.6 Å². The Hall–Kier alpha value is -3.47. The molecule has 0 spiro atoms. The standard InChI is InChI=1S/C21H20F3N5O2S/c1-13(30)27-15-6-8-16(9-7-15)28-20-26-12-18(21(22,23)24)19(29-20)25-11-14-4-3-5-17(10-14)32(2)31/h3-10,12H,11H2,1-2H3,(H,27,30)(H2,25,26,28,29). The normalized spacial score (nSPS) is 12.2. The van der Waals surface area contributed by atoms with E-state index in [-0.39, 0.29) is 24.2 Å². The van der Waals surface area contributed by atoms with E-state index in [0.29, 0.717) is 28.0 Å². The van der Waals surface area contributed by atoms with E-state index in [0.717, 1.165) is 0 Å². The fourth-order valence-electron chi connectivity index (χ4n) is 2.77. The molecule has 0 aliphatic rings. The zero-order valence-electron chi connectivity index (χ0n) is 17.2. The zero-order chi connectivity index (χ0) is 23.3. The molecule has 2 aromatic carbocycles. The van der Waals surface area contributed by atoms with Gasteiger partial charge in [0.2, 0.25) is 11.9 Å². The van der Waals surface area contributed by atoms with E-state index in [1.807, 2.05) is 0 Å². The molecule has 0 aliphatic heterocycles. The number of anilines is 4. The minimum Gasteiger partial charge on any atom is -0.365 e. The second-order valence-electron chi connectivity index (χ2n) is 6.79. The summed E-state index contributed by atoms with van der Waals surface area (Å²) in [5, 5.41) is 8.16. The van der Waals surface area contributed by atoms with Crippen molar-refractivity contribution in [1.82, 2.24) is 9.97 Å². The predicted octanol–water partition coefficient (Wildman–Crippen LogP) is 4.55. The predicted molar refractivity (Wildman–Crippen MR) is 117 cm³/mol. The van der Waals surface area contributed by atoms with Gasteiger partial charge in [-0.15, -0.1) is 0 Å². The van der Waals surface area contributed by atoms with Crippen molar-refractivity contribution in [3.05, 3.63) is 65.9 Å². The van der Waals surface area contributed by atoms with Gasteiger partial charge in [-0.1, -0.05) is 12.1 Å². The van der Waals surface area contributed by atoms with E-state index in [1.54, 1.807) is 48.5 Å². The molecule has 7 nitrogen and oxygen atoms in total. The lowest BCUT2D eigenvalue weighted by atomic mass is 10.2. The summed E-state index contributed by atoms with van der Waals surface area (Å²) in [6.45, 7) is 1.44. The summed E-state index contributed by atoms with van der Waals surface area (Å²) in [5.74, 6) is -0.632. The van der Waals surface area contributed by atoms with Crippen LogP contribution in [0.4, 0.5) is 36.3 Å². The van der Waals surface area contributed by atoms with Gasteiger partial charge in [0.25, 0.3) is 0 Å². The van der Waals surface area contributed by atoms with Crippen LogP contribution >= 0.6 is 0 Å². The lowest BCUT2D eigenvalue weighted by Gasteiger charge is -2.15. The van der Waals surface area contributed by atoms with E-state index in [9.17, 15) is 22.2 Å². The number of rotatable bonds is 7. The molecule has 0 saturated carbocycles. The number of benzene rings is 2. The Balaban J connectivity index is 1.81. The van der Waals surface area contributed by atoms with E-state index in [2.05, 4.69) is 25.9 Å². The van der Waals surface area contributed by atoms with Crippen LogP contribution in [0.5, 0.6) is 0 Å². The Bertz CT molecular complexity index is 1140. The molecule has 1 amide bonds. The number of nitrogens with zero attached hydrogens (tertiary/aromatic N) is 2. The Morgan fingerprint density at radius 1 is 1.09 bits per heavy atom. The number of aromatic nitrogens is 2. The van der Waals surface area contributed by atoms with Crippen LogP contribution in [0, 0.1) is 0 Å². The van der Waals surface area contributed by atoms with Gasteiger partial charge in [0.1, 0.15) is 11.4 Å². The minimum absolute atomic E-state index is 0.0313. The summed E-state index contributed by atoms with van der Waals surface area (Å²) in [6.07, 6.45) is -2.41. The minimum atomic E-state index is -4.65. The Morgan fingerprint density at radius 3 is 2.41 bits per heavy atom. The van der Waals surface area contributed by atoms with Crippen molar-refractivity contribution >= 4 is 39.8 Å². The maximum Gasteiger partial charge on any atom is 0.421 e. The number of carbonyl (C=O) groups is 1. The molecule has 1 unspecified atom stereocenters. The average molecular weight is 463 g/mol. The van der Waals surface area contributed by atoms with Gasteiger partial charge in [0.15, 0.2) is 0 Å². The van der Waals surface area contributed by atoms with Gasteiger partial charge in [-0.3, -0.25) is 9.00 Å². The van der Waals surface area contributed by atoms with Gasteiger partial charge in [-0.2, -0.15) is 18.2 Å². The van der Waals surface area contributed by atoms with E-state index in [4.69, 9.17) is 0 Å². The molecular formula is C21H20F3N5O2S. The maximum atomic E-state index is 13.4. The van der Waals surface area contributed by atoms with Gasteiger partial charge < -0.3 is 16.0 Å². The number of halogens is 3. The second kappa shape index (κ2) is 9.77. The van der Waals surface area contributed by atoms with Crippen LogP contribution < -0.4 is 16.0 Å². The first-order chi connectivity index (χ1) is 15.1. The van der Waals surface area contributed by atoms with Crippen molar-refractivity contribution in [3.63, 3.8) is 0 Å². The first kappa shape index (κ1) is 23.2. The highest BCUT2D eigenvalue weighted by atomic mass is 32.2. The summed E-state index contributed by atoms with van der Waals surface area (Å²) in [6, 6.07) is 13.3. The van der Waals surface area contributed by atoms with Crippen molar-refractivity contribution in [2.24, 2.45) is 0 Å². The topological polar surface area (TPSA) is 96.0 Å². The number of amides is 1. The van der Waals surface area contributed by atoms with E-state index < -0.39 is 22.5 Å². The quantitative estimate of drug-likeness (QED) is 0.476. The maximum absolute atomic E-state index is 13.4. The first-order valence-corrected chi connectivity index (χ1v) is 10.9. The molecule has 11 heteroatoms. The smallest absolute Gasteiger partial charge is 0.365 e. The Labute approximate surface area is 184 Å². The third-order valence-electron chi connectivity index (χ3n) is 4.25. The molecule has 3 aromatic rings. The number of hydrogen-bond donors (Lipinski definition) is 3. The summed E-state index contributed by atoms with van der Waals surface area (Å²) < 4.78 is 52.0. The van der Waals surface area contributed by atoms with Crippen LogP contribution in [0.25, 0.3) is 0 Å². The van der Waals surface area contributed by atoms with Gasteiger partial charge in [0, 0.05) is 53.0 Å². The number of alkyl halides is 3. The zero-order valence-corrected chi connectivity index (χ0v) is 18.0. The van der Waals surface area contributed by atoms with E-state index in [1.165, 1.54) is 13.2 Å². The number of carbonyl (C=O) groups excluding carboxylic acids is 1. The molecule has 0 bridgehead atoms. The fraction of sp³-hybridized carbons (Fsp3) is 0.190. The molecule has 0 saturated heterocycles. The van der Waals surface area contributed by atoms with Crippen LogP contribution in [0.3, 0.4) is 0 Å². The monoisotopic (exact) mass is 463 g/mol. The number of hydrogen-bond acceptors (Lipinski definition) is 6. The van der Waals surface area contributed by atoms with Crippen molar-refractivity contribution in [1.29, 1.82) is 0 Å². The van der Waals surface area contributed by atoms with Crippen molar-refractivity contribution in [3.8, 4) is 0 Å². The van der Waals surface area contributed by atoms with Crippen molar-refractivity contribution in [2.45, 2.75) is 24.5 Å². The molecule has 168 valence electrons. The third kappa shape index (κ3) is 6.27. The molecule has 1 aromatic heterocycles. The summed E-state index contributed by atoms with van der Waals surface area (Å²) in [5.41, 5.74) is 0.767. The van der Waals surface area contributed by atoms with Crippen LogP contribution in [0.2, 0.25) is 0 Å². The van der Waals surface area contributed by atoms with E-state index >= 15 is 0 Å². The number of nitrogens with one attached hydrogen (secondary N) is 3. The molecule has 1 heterocycles. The van der Waals surface area contributed by atoms with Gasteiger partial charge >= 0.3 is 6.18 Å². The van der Waals surface area contributed by atoms with Gasteiger partial charge in [-0.25, -0.2) is 4.98 Å². The molecule has 0 aliphatic carbocycles. The third-order valence-corrected chi connectivity index (χ3v) is 5.16. The van der Waals surface area contributed by atoms with Crippen LogP contribution in [-0.4, -0.2) is 26.3 Å². The highest BCUT2D eigenvalue weighted by Crippen LogP contribution is 2.34. The first-order valence-electron chi connectivity index (χ1n) is 9.37. The molecule has 0 radical (unpaired) electrons. The lowest BCUT2D eigenvalue weighted by Crippen LogP contribution is -2.14. The molecule has 3 rings (SSSR count). The molecular weight excluding hydrogens is 443 g/mol. The fourth-order valence-corrected chi connectivity index (χ4v) is 3.36. The summed E-state index contributed by atoms with van der Waals surface area (Å²) in [4.78, 5) is 19.4. The second-order valence-corrected chi connectivity index (χ2v) is 8.17. The van der Waals surface area contributed by atoms with Crippen LogP contribution in [-0.2, 0) is 28.3 Å². The molecule has 1 atom stereocenters. The largest absolute Gasteiger partial charge is 0.421 e. The SMILES string of the molecule is CC(=O)Nc1ccc(Nc2ncc(C(F)(F)F)c(NCc3cccc(S(C)=O)c3)n2)cc1. The van der Waals surface area contributed by atoms with Crippen LogP contribution in [0.1, 0.15) is 18.1 Å². The highest BCUT2D eigenvalue weighted by Gasteiger charge is 2.35. The average Bonchev–Trinajstić information content (AvgIpc) is 2.73. The van der Waals surface area contributed by atoms with Gasteiger partial charge in [-0.05, 0) is 42.0 Å². The molecule has 0 fully saturated rings. The Morgan fingerprint density at radius 2 is 1.78 bits per heavy atom. The molecule has 32 heavy (non-hydrogen) atoms. The summed E-state index contributed by atoms with van der Waals surface area (Å²) in [7, 11) is -1.20. The highest BCUT2D eigenvalue weighted by molar-refractivity contribution is 7.84. The van der Waals surface area contributed by atoms with Gasteiger partial charge in [0.05, 0.1) is 0 Å². The van der Waals surface area contributed by atoms with Crippen molar-refractivity contribution in [2.75, 3.05) is 22.2 Å². The lowest BCUT2D eigenvalue weighted by molar-refractivity contribution is -0.137.